The van der Waals surface area contributed by atoms with Crippen LogP contribution in [0.15, 0.2) is 47.1 Å². The zero-order valence-corrected chi connectivity index (χ0v) is 15.8. The first-order valence-electron chi connectivity index (χ1n) is 9.15. The Labute approximate surface area is 164 Å². The molecule has 2 N–H and O–H groups in total. The lowest BCUT2D eigenvalue weighted by Crippen LogP contribution is -2.32. The maximum absolute atomic E-state index is 12.9. The minimum atomic E-state index is -0.324. The quantitative estimate of drug-likeness (QED) is 0.846. The van der Waals surface area contributed by atoms with Crippen molar-refractivity contribution in [2.75, 3.05) is 31.5 Å². The fraction of sp³-hybridized carbons (Fsp3) is 0.400. The summed E-state index contributed by atoms with van der Waals surface area (Å²) in [5.74, 6) is 1.33. The number of nitrogens with zero attached hydrogens (tertiary/aromatic N) is 1. The molecule has 1 aromatic carbocycles. The van der Waals surface area contributed by atoms with Crippen LogP contribution >= 0.6 is 12.4 Å². The molecule has 0 radical (unpaired) electrons. The number of hydrogen-bond acceptors (Lipinski definition) is 4. The topological polar surface area (TPSA) is 74.6 Å². The summed E-state index contributed by atoms with van der Waals surface area (Å²) in [6.07, 6.45) is 3.57. The average molecular weight is 390 g/mol. The minimum Gasteiger partial charge on any atom is -0.459 e. The smallest absolute Gasteiger partial charge is 0.291 e. The first kappa shape index (κ1) is 19.5. The fourth-order valence-corrected chi connectivity index (χ4v) is 3.93. The van der Waals surface area contributed by atoms with Crippen molar-refractivity contribution in [1.82, 2.24) is 10.2 Å². The van der Waals surface area contributed by atoms with Crippen LogP contribution in [0.2, 0.25) is 0 Å². The van der Waals surface area contributed by atoms with Crippen LogP contribution in [-0.2, 0) is 0 Å². The Hall–Kier alpha value is -2.31. The van der Waals surface area contributed by atoms with Crippen LogP contribution in [0.5, 0.6) is 0 Å². The Morgan fingerprint density at radius 2 is 1.81 bits per heavy atom. The second kappa shape index (κ2) is 8.59. The van der Waals surface area contributed by atoms with Gasteiger partial charge in [-0.3, -0.25) is 9.59 Å². The van der Waals surface area contributed by atoms with Crippen molar-refractivity contribution in [3.63, 3.8) is 0 Å². The van der Waals surface area contributed by atoms with Crippen molar-refractivity contribution >= 4 is 29.9 Å². The highest BCUT2D eigenvalue weighted by Gasteiger charge is 2.31. The highest BCUT2D eigenvalue weighted by Crippen LogP contribution is 2.28. The third kappa shape index (κ3) is 4.34. The highest BCUT2D eigenvalue weighted by atomic mass is 35.5. The number of likely N-dealkylation sites (tertiary alicyclic amines) is 1. The van der Waals surface area contributed by atoms with E-state index in [1.807, 2.05) is 4.90 Å². The molecular formula is C20H24ClN3O3. The molecule has 0 aliphatic carbocycles. The molecule has 4 rings (SSSR count). The number of anilines is 1. The van der Waals surface area contributed by atoms with Crippen molar-refractivity contribution in [1.29, 1.82) is 0 Å². The number of nitrogens with one attached hydrogen (secondary N) is 2. The molecule has 0 spiro atoms. The third-order valence-corrected chi connectivity index (χ3v) is 5.42. The molecule has 144 valence electrons. The van der Waals surface area contributed by atoms with Crippen molar-refractivity contribution in [2.24, 2.45) is 11.8 Å². The molecule has 0 unspecified atom stereocenters. The summed E-state index contributed by atoms with van der Waals surface area (Å²) in [6, 6.07) is 10.4. The number of rotatable bonds is 3. The number of benzene rings is 1. The van der Waals surface area contributed by atoms with Crippen molar-refractivity contribution in [3.05, 3.63) is 54.0 Å². The highest BCUT2D eigenvalue weighted by molar-refractivity contribution is 6.03. The Kier molecular flexibility index (Phi) is 6.19. The monoisotopic (exact) mass is 389 g/mol. The molecule has 27 heavy (non-hydrogen) atoms. The van der Waals surface area contributed by atoms with E-state index in [9.17, 15) is 9.59 Å². The molecule has 2 fully saturated rings. The Morgan fingerprint density at radius 1 is 1.07 bits per heavy atom. The molecule has 2 saturated heterocycles. The van der Waals surface area contributed by atoms with E-state index in [-0.39, 0.29) is 30.0 Å². The second-order valence-corrected chi connectivity index (χ2v) is 7.06. The van der Waals surface area contributed by atoms with Gasteiger partial charge in [0.1, 0.15) is 0 Å². The van der Waals surface area contributed by atoms with Gasteiger partial charge in [0.2, 0.25) is 0 Å². The molecule has 3 heterocycles. The lowest BCUT2D eigenvalue weighted by molar-refractivity contribution is 0.0758. The maximum Gasteiger partial charge on any atom is 0.291 e. The molecule has 2 atom stereocenters. The van der Waals surface area contributed by atoms with E-state index in [1.54, 1.807) is 36.4 Å². The number of furan rings is 1. The predicted molar refractivity (Wildman–Crippen MR) is 105 cm³/mol. The van der Waals surface area contributed by atoms with Crippen LogP contribution in [0.3, 0.4) is 0 Å². The molecule has 2 aromatic rings. The molecule has 2 aliphatic rings. The summed E-state index contributed by atoms with van der Waals surface area (Å²) in [6.45, 7) is 3.73. The predicted octanol–water partition coefficient (Wildman–Crippen LogP) is 3.03. The summed E-state index contributed by atoms with van der Waals surface area (Å²) in [5.41, 5.74) is 1.19. The number of carbonyl (C=O) groups excluding carboxylic acids is 2. The molecule has 1 aromatic heterocycles. The molecule has 0 saturated carbocycles. The van der Waals surface area contributed by atoms with Gasteiger partial charge in [0.15, 0.2) is 5.76 Å². The van der Waals surface area contributed by atoms with E-state index in [2.05, 4.69) is 10.6 Å². The lowest BCUT2D eigenvalue weighted by atomic mass is 9.92. The number of amides is 2. The van der Waals surface area contributed by atoms with Gasteiger partial charge in [-0.1, -0.05) is 6.07 Å². The Bertz CT molecular complexity index is 780. The van der Waals surface area contributed by atoms with Crippen LogP contribution in [-0.4, -0.2) is 42.9 Å². The Balaban J connectivity index is 0.00000210. The van der Waals surface area contributed by atoms with E-state index in [0.29, 0.717) is 23.1 Å². The molecule has 2 amide bonds. The van der Waals surface area contributed by atoms with Gasteiger partial charge >= 0.3 is 0 Å². The molecule has 6 nitrogen and oxygen atoms in total. The van der Waals surface area contributed by atoms with Gasteiger partial charge in [-0.2, -0.15) is 0 Å². The summed E-state index contributed by atoms with van der Waals surface area (Å²) in [7, 11) is 0. The van der Waals surface area contributed by atoms with Gasteiger partial charge in [0, 0.05) is 24.3 Å². The molecule has 0 bridgehead atoms. The van der Waals surface area contributed by atoms with E-state index in [1.165, 1.54) is 6.26 Å². The average Bonchev–Trinajstić information content (AvgIpc) is 3.31. The van der Waals surface area contributed by atoms with Gasteiger partial charge in [-0.05, 0) is 68.1 Å². The fourth-order valence-electron chi connectivity index (χ4n) is 3.93. The zero-order valence-electron chi connectivity index (χ0n) is 15.0. The molecule has 2 aliphatic heterocycles. The number of halogens is 1. The molecular weight excluding hydrogens is 366 g/mol. The van der Waals surface area contributed by atoms with E-state index in [0.717, 1.165) is 39.0 Å². The first-order chi connectivity index (χ1) is 12.7. The zero-order chi connectivity index (χ0) is 17.9. The maximum atomic E-state index is 12.9. The van der Waals surface area contributed by atoms with E-state index < -0.39 is 0 Å². The van der Waals surface area contributed by atoms with Crippen molar-refractivity contribution in [2.45, 2.75) is 12.8 Å². The van der Waals surface area contributed by atoms with Crippen molar-refractivity contribution < 1.29 is 14.0 Å². The van der Waals surface area contributed by atoms with Crippen LogP contribution in [0.1, 0.15) is 33.8 Å². The van der Waals surface area contributed by atoms with E-state index >= 15 is 0 Å². The van der Waals surface area contributed by atoms with Crippen molar-refractivity contribution in [3.8, 4) is 0 Å². The summed E-state index contributed by atoms with van der Waals surface area (Å²) in [5, 5.41) is 6.23. The second-order valence-electron chi connectivity index (χ2n) is 7.06. The largest absolute Gasteiger partial charge is 0.459 e. The van der Waals surface area contributed by atoms with Crippen LogP contribution in [0.4, 0.5) is 5.69 Å². The third-order valence-electron chi connectivity index (χ3n) is 5.42. The van der Waals surface area contributed by atoms with Gasteiger partial charge in [0.05, 0.1) is 6.26 Å². The van der Waals surface area contributed by atoms with Gasteiger partial charge < -0.3 is 20.0 Å². The normalized spacial score (nSPS) is 21.7. The van der Waals surface area contributed by atoms with Gasteiger partial charge in [-0.15, -0.1) is 12.4 Å². The van der Waals surface area contributed by atoms with Gasteiger partial charge in [0.25, 0.3) is 11.8 Å². The van der Waals surface area contributed by atoms with Crippen LogP contribution in [0.25, 0.3) is 0 Å². The summed E-state index contributed by atoms with van der Waals surface area (Å²) in [4.78, 5) is 27.0. The standard InChI is InChI=1S/C20H23N3O3.ClH/c24-19(18-5-2-10-26-18)22-17-4-1-3-14(11-17)20(25)23-8-6-15-12-21-13-16(15)7-9-23;/h1-5,10-11,15-16,21H,6-9,12-13H2,(H,22,24);1H/t15-,16+;. The lowest BCUT2D eigenvalue weighted by Gasteiger charge is -2.21. The van der Waals surface area contributed by atoms with Gasteiger partial charge in [-0.25, -0.2) is 0 Å². The van der Waals surface area contributed by atoms with Crippen LogP contribution in [0, 0.1) is 11.8 Å². The number of carbonyl (C=O) groups is 2. The minimum absolute atomic E-state index is 0. The number of fused-ring (bicyclic) bond motifs is 1. The van der Waals surface area contributed by atoms with E-state index in [4.69, 9.17) is 4.42 Å². The number of hydrogen-bond donors (Lipinski definition) is 2. The van der Waals surface area contributed by atoms with Crippen LogP contribution < -0.4 is 10.6 Å². The first-order valence-corrected chi connectivity index (χ1v) is 9.15. The Morgan fingerprint density at radius 3 is 2.48 bits per heavy atom. The molecule has 7 heteroatoms. The summed E-state index contributed by atoms with van der Waals surface area (Å²) < 4.78 is 5.10. The SMILES string of the molecule is Cl.O=C(Nc1cccc(C(=O)N2CC[C@@H]3CNC[C@@H]3CC2)c1)c1ccco1. The summed E-state index contributed by atoms with van der Waals surface area (Å²) >= 11 is 0.